The quantitative estimate of drug-likeness (QED) is 0.806. The fourth-order valence-electron chi connectivity index (χ4n) is 1.80. The summed E-state index contributed by atoms with van der Waals surface area (Å²) in [5.74, 6) is -1.00. The van der Waals surface area contributed by atoms with Gasteiger partial charge in [-0.15, -0.1) is 0 Å². The largest absolute Gasteiger partial charge is 0.479 e. The monoisotopic (exact) mass is 241 g/mol. The van der Waals surface area contributed by atoms with E-state index < -0.39 is 23.2 Å². The first kappa shape index (κ1) is 13.5. The molecular weight excluding hydrogens is 222 g/mol. The van der Waals surface area contributed by atoms with E-state index in [0.717, 1.165) is 0 Å². The van der Waals surface area contributed by atoms with E-state index >= 15 is 0 Å². The Hall–Kier alpha value is -1.52. The van der Waals surface area contributed by atoms with Crippen molar-refractivity contribution in [1.29, 1.82) is 0 Å². The van der Waals surface area contributed by atoms with Crippen LogP contribution in [0, 0.1) is 0 Å². The highest BCUT2D eigenvalue weighted by molar-refractivity contribution is 5.86. The van der Waals surface area contributed by atoms with Gasteiger partial charge < -0.3 is 9.84 Å². The number of hydrogen-bond donors (Lipinski definition) is 1. The molecule has 1 rings (SSSR count). The van der Waals surface area contributed by atoms with Crippen molar-refractivity contribution < 1.29 is 19.4 Å². The van der Waals surface area contributed by atoms with Gasteiger partial charge in [0.2, 0.25) is 0 Å². The smallest absolute Gasteiger partial charge is 0.415 e. The molecule has 96 valence electrons. The number of carbonyl (C=O) groups is 2. The molecule has 0 radical (unpaired) electrons. The van der Waals surface area contributed by atoms with Gasteiger partial charge in [0, 0.05) is 12.6 Å². The maximum absolute atomic E-state index is 11.9. The van der Waals surface area contributed by atoms with Crippen molar-refractivity contribution in [1.82, 2.24) is 4.90 Å². The van der Waals surface area contributed by atoms with Crippen LogP contribution in [0.15, 0.2) is 12.3 Å². The van der Waals surface area contributed by atoms with Gasteiger partial charge >= 0.3 is 12.1 Å². The number of ether oxygens (including phenoxy) is 1. The Morgan fingerprint density at radius 1 is 1.47 bits per heavy atom. The lowest BCUT2D eigenvalue weighted by Gasteiger charge is -2.34. The van der Waals surface area contributed by atoms with E-state index in [9.17, 15) is 14.7 Å². The Morgan fingerprint density at radius 3 is 2.47 bits per heavy atom. The third-order valence-corrected chi connectivity index (χ3v) is 2.74. The number of carboxylic acids is 1. The Labute approximate surface area is 101 Å². The Balaban J connectivity index is 2.92. The summed E-state index contributed by atoms with van der Waals surface area (Å²) in [7, 11) is 0. The molecule has 0 fully saturated rings. The molecule has 0 aromatic heterocycles. The number of nitrogens with zero attached hydrogens (tertiary/aromatic N) is 1. The van der Waals surface area contributed by atoms with Crippen molar-refractivity contribution in [2.24, 2.45) is 0 Å². The summed E-state index contributed by atoms with van der Waals surface area (Å²) in [6, 6.07) is 0. The fraction of sp³-hybridized carbons (Fsp3) is 0.667. The summed E-state index contributed by atoms with van der Waals surface area (Å²) >= 11 is 0. The standard InChI is InChI=1S/C12H19NO4/c1-5-12(9(14)15)7-6-8-13(12)10(16)17-11(2,3)4/h6,8H,5,7H2,1-4H3,(H,14,15)/t12-/m0/s1. The van der Waals surface area contributed by atoms with E-state index in [4.69, 9.17) is 4.74 Å². The lowest BCUT2D eigenvalue weighted by atomic mass is 9.93. The van der Waals surface area contributed by atoms with E-state index in [1.54, 1.807) is 33.8 Å². The van der Waals surface area contributed by atoms with E-state index in [-0.39, 0.29) is 0 Å². The van der Waals surface area contributed by atoms with Crippen LogP contribution < -0.4 is 0 Å². The summed E-state index contributed by atoms with van der Waals surface area (Å²) in [4.78, 5) is 24.5. The van der Waals surface area contributed by atoms with Crippen LogP contribution in [0.2, 0.25) is 0 Å². The molecule has 1 aliphatic heterocycles. The second-order valence-corrected chi connectivity index (χ2v) is 5.13. The van der Waals surface area contributed by atoms with Gasteiger partial charge in [-0.1, -0.05) is 13.0 Å². The summed E-state index contributed by atoms with van der Waals surface area (Å²) in [5.41, 5.74) is -1.83. The van der Waals surface area contributed by atoms with Gasteiger partial charge in [0.25, 0.3) is 0 Å². The van der Waals surface area contributed by atoms with Gasteiger partial charge in [0.05, 0.1) is 0 Å². The number of carboxylic acid groups (broad SMARTS) is 1. The maximum atomic E-state index is 11.9. The number of rotatable bonds is 2. The van der Waals surface area contributed by atoms with Crippen LogP contribution in [0.4, 0.5) is 4.79 Å². The third-order valence-electron chi connectivity index (χ3n) is 2.74. The minimum absolute atomic E-state index is 0.318. The molecule has 5 nitrogen and oxygen atoms in total. The zero-order chi connectivity index (χ0) is 13.3. The average molecular weight is 241 g/mol. The van der Waals surface area contributed by atoms with E-state index in [0.29, 0.717) is 12.8 Å². The van der Waals surface area contributed by atoms with Crippen molar-refractivity contribution in [2.75, 3.05) is 0 Å². The highest BCUT2D eigenvalue weighted by atomic mass is 16.6. The van der Waals surface area contributed by atoms with Crippen LogP contribution in [0.5, 0.6) is 0 Å². The van der Waals surface area contributed by atoms with Gasteiger partial charge in [0.1, 0.15) is 5.60 Å². The molecule has 1 amide bonds. The molecule has 17 heavy (non-hydrogen) atoms. The van der Waals surface area contributed by atoms with Crippen LogP contribution in [-0.2, 0) is 9.53 Å². The van der Waals surface area contributed by atoms with Crippen molar-refractivity contribution in [3.63, 3.8) is 0 Å². The Kier molecular flexibility index (Phi) is 3.50. The maximum Gasteiger partial charge on any atom is 0.415 e. The first-order valence-corrected chi connectivity index (χ1v) is 5.65. The molecule has 1 atom stereocenters. The van der Waals surface area contributed by atoms with Crippen LogP contribution in [0.1, 0.15) is 40.5 Å². The molecule has 0 aromatic carbocycles. The lowest BCUT2D eigenvalue weighted by Crippen LogP contribution is -2.52. The van der Waals surface area contributed by atoms with E-state index in [2.05, 4.69) is 0 Å². The molecule has 0 aliphatic carbocycles. The minimum atomic E-state index is -1.19. The first-order valence-electron chi connectivity index (χ1n) is 5.65. The number of aliphatic carboxylic acids is 1. The minimum Gasteiger partial charge on any atom is -0.479 e. The van der Waals surface area contributed by atoms with Crippen molar-refractivity contribution in [3.8, 4) is 0 Å². The summed E-state index contributed by atoms with van der Waals surface area (Å²) < 4.78 is 5.20. The van der Waals surface area contributed by atoms with Gasteiger partial charge in [0.15, 0.2) is 5.54 Å². The van der Waals surface area contributed by atoms with Crippen LogP contribution in [0.25, 0.3) is 0 Å². The van der Waals surface area contributed by atoms with Crippen LogP contribution >= 0.6 is 0 Å². The molecule has 0 aromatic rings. The second kappa shape index (κ2) is 4.39. The number of carbonyl (C=O) groups excluding carboxylic acids is 1. The molecule has 0 saturated heterocycles. The molecule has 1 aliphatic rings. The average Bonchev–Trinajstić information content (AvgIpc) is 2.59. The molecule has 0 unspecified atom stereocenters. The van der Waals surface area contributed by atoms with Gasteiger partial charge in [-0.2, -0.15) is 0 Å². The SMILES string of the molecule is CC[C@@]1(C(=O)O)CC=CN1C(=O)OC(C)(C)C. The Morgan fingerprint density at radius 2 is 2.06 bits per heavy atom. The van der Waals surface area contributed by atoms with Crippen molar-refractivity contribution in [2.45, 2.75) is 51.7 Å². The molecule has 5 heteroatoms. The lowest BCUT2D eigenvalue weighted by molar-refractivity contribution is -0.149. The molecule has 0 saturated carbocycles. The first-order chi connectivity index (χ1) is 7.73. The van der Waals surface area contributed by atoms with Crippen LogP contribution in [0.3, 0.4) is 0 Å². The molecule has 1 heterocycles. The zero-order valence-corrected chi connectivity index (χ0v) is 10.7. The van der Waals surface area contributed by atoms with E-state index in [1.165, 1.54) is 11.1 Å². The van der Waals surface area contributed by atoms with Crippen LogP contribution in [-0.4, -0.2) is 33.2 Å². The molecule has 0 spiro atoms. The topological polar surface area (TPSA) is 66.8 Å². The summed E-state index contributed by atoms with van der Waals surface area (Å²) in [6.07, 6.45) is 3.22. The van der Waals surface area contributed by atoms with Crippen molar-refractivity contribution in [3.05, 3.63) is 12.3 Å². The molecule has 1 N–H and O–H groups in total. The second-order valence-electron chi connectivity index (χ2n) is 5.13. The van der Waals surface area contributed by atoms with E-state index in [1.807, 2.05) is 0 Å². The highest BCUT2D eigenvalue weighted by Gasteiger charge is 2.47. The normalized spacial score (nSPS) is 23.9. The Bertz CT molecular complexity index is 356. The van der Waals surface area contributed by atoms with Crippen molar-refractivity contribution >= 4 is 12.1 Å². The molecule has 0 bridgehead atoms. The van der Waals surface area contributed by atoms with Gasteiger partial charge in [-0.3, -0.25) is 4.90 Å². The summed E-state index contributed by atoms with van der Waals surface area (Å²) in [5, 5.41) is 9.29. The third kappa shape index (κ3) is 2.60. The predicted molar refractivity (Wildman–Crippen MR) is 62.5 cm³/mol. The van der Waals surface area contributed by atoms with Gasteiger partial charge in [-0.05, 0) is 27.2 Å². The molecular formula is C12H19NO4. The summed E-state index contributed by atoms with van der Waals surface area (Å²) in [6.45, 7) is 7.00. The zero-order valence-electron chi connectivity index (χ0n) is 10.7. The predicted octanol–water partition coefficient (Wildman–Crippen LogP) is 2.37. The number of hydrogen-bond acceptors (Lipinski definition) is 3. The number of amides is 1. The fourth-order valence-corrected chi connectivity index (χ4v) is 1.80. The van der Waals surface area contributed by atoms with Gasteiger partial charge in [-0.25, -0.2) is 9.59 Å². The highest BCUT2D eigenvalue weighted by Crippen LogP contribution is 2.32.